The zero-order valence-corrected chi connectivity index (χ0v) is 13.9. The number of aryl methyl sites for hydroxylation is 1. The number of hydrogen-bond donors (Lipinski definition) is 1. The molecule has 1 aromatic heterocycles. The molecule has 0 spiro atoms. The van der Waals surface area contributed by atoms with Crippen molar-refractivity contribution in [2.75, 3.05) is 6.54 Å². The highest BCUT2D eigenvalue weighted by Crippen LogP contribution is 2.40. The van der Waals surface area contributed by atoms with Crippen LogP contribution in [0.15, 0.2) is 18.6 Å². The number of aliphatic hydroxyl groups is 1. The number of carbonyl (C=O) groups is 1. The largest absolute Gasteiger partial charge is 0.390 e. The number of amides is 1. The molecule has 0 radical (unpaired) electrons. The van der Waals surface area contributed by atoms with Crippen LogP contribution in [0.3, 0.4) is 0 Å². The highest BCUT2D eigenvalue weighted by molar-refractivity contribution is 5.77. The number of hydrogen-bond acceptors (Lipinski definition) is 4. The molecule has 0 aromatic carbocycles. The average Bonchev–Trinajstić information content (AvgIpc) is 3.02. The van der Waals surface area contributed by atoms with Gasteiger partial charge in [-0.25, -0.2) is 9.97 Å². The maximum absolute atomic E-state index is 12.7. The van der Waals surface area contributed by atoms with Gasteiger partial charge in [-0.05, 0) is 45.1 Å². The van der Waals surface area contributed by atoms with Gasteiger partial charge in [-0.2, -0.15) is 0 Å². The molecule has 2 heterocycles. The minimum Gasteiger partial charge on any atom is -0.390 e. The number of likely N-dealkylation sites (tertiary alicyclic amines) is 1. The molecule has 1 N–H and O–H groups in total. The van der Waals surface area contributed by atoms with E-state index in [9.17, 15) is 9.90 Å². The molecule has 0 unspecified atom stereocenters. The Morgan fingerprint density at radius 1 is 1.39 bits per heavy atom. The lowest BCUT2D eigenvalue weighted by atomic mass is 9.72. The summed E-state index contributed by atoms with van der Waals surface area (Å²) in [6, 6.07) is 2.07. The van der Waals surface area contributed by atoms with Crippen LogP contribution in [0, 0.1) is 5.92 Å². The maximum Gasteiger partial charge on any atom is 0.223 e. The second kappa shape index (κ2) is 6.95. The van der Waals surface area contributed by atoms with Crippen LogP contribution in [0.1, 0.15) is 57.6 Å². The third-order valence-electron chi connectivity index (χ3n) is 5.57. The molecule has 126 valence electrons. The maximum atomic E-state index is 12.7. The summed E-state index contributed by atoms with van der Waals surface area (Å²) in [4.78, 5) is 22.8. The number of rotatable bonds is 4. The molecule has 3 rings (SSSR count). The molecular weight excluding hydrogens is 290 g/mol. The van der Waals surface area contributed by atoms with Crippen molar-refractivity contribution < 1.29 is 9.90 Å². The second-order valence-electron chi connectivity index (χ2n) is 7.21. The Kier molecular flexibility index (Phi) is 4.95. The predicted octanol–water partition coefficient (Wildman–Crippen LogP) is 2.34. The molecule has 1 saturated carbocycles. The zero-order valence-electron chi connectivity index (χ0n) is 13.9. The lowest BCUT2D eigenvalue weighted by Gasteiger charge is -2.43. The summed E-state index contributed by atoms with van der Waals surface area (Å²) >= 11 is 0. The fourth-order valence-electron chi connectivity index (χ4n) is 4.32. The minimum absolute atomic E-state index is 0.201. The fourth-order valence-corrected chi connectivity index (χ4v) is 4.32. The molecule has 5 nitrogen and oxygen atoms in total. The van der Waals surface area contributed by atoms with Gasteiger partial charge in [0.15, 0.2) is 0 Å². The molecule has 23 heavy (non-hydrogen) atoms. The normalized spacial score (nSPS) is 31.3. The van der Waals surface area contributed by atoms with Crippen molar-refractivity contribution >= 4 is 5.91 Å². The monoisotopic (exact) mass is 317 g/mol. The first-order chi connectivity index (χ1) is 11.1. The van der Waals surface area contributed by atoms with Crippen molar-refractivity contribution in [3.05, 3.63) is 24.3 Å². The molecule has 1 saturated heterocycles. The van der Waals surface area contributed by atoms with Gasteiger partial charge in [-0.3, -0.25) is 4.79 Å². The summed E-state index contributed by atoms with van der Waals surface area (Å²) < 4.78 is 0. The van der Waals surface area contributed by atoms with Gasteiger partial charge in [-0.1, -0.05) is 12.8 Å². The molecule has 1 aliphatic carbocycles. The number of aromatic nitrogens is 2. The van der Waals surface area contributed by atoms with Crippen LogP contribution in [0.4, 0.5) is 0 Å². The third kappa shape index (κ3) is 3.71. The SMILES string of the molecule is C[C@]1(O)CCCC[C@H]1[C@H]1CCCN1C(=O)CCc1ccncn1. The molecule has 2 fully saturated rings. The summed E-state index contributed by atoms with van der Waals surface area (Å²) in [6.07, 6.45) is 10.6. The molecule has 1 aromatic rings. The van der Waals surface area contributed by atoms with Crippen LogP contribution in [0.25, 0.3) is 0 Å². The first-order valence-corrected chi connectivity index (χ1v) is 8.85. The van der Waals surface area contributed by atoms with Crippen molar-refractivity contribution in [2.24, 2.45) is 5.92 Å². The Morgan fingerprint density at radius 2 is 2.26 bits per heavy atom. The summed E-state index contributed by atoms with van der Waals surface area (Å²) in [7, 11) is 0. The van der Waals surface area contributed by atoms with Gasteiger partial charge in [0.2, 0.25) is 5.91 Å². The van der Waals surface area contributed by atoms with E-state index >= 15 is 0 Å². The first kappa shape index (κ1) is 16.4. The highest BCUT2D eigenvalue weighted by atomic mass is 16.3. The minimum atomic E-state index is -0.627. The molecule has 0 bridgehead atoms. The lowest BCUT2D eigenvalue weighted by Crippen LogP contribution is -2.50. The van der Waals surface area contributed by atoms with E-state index in [1.165, 1.54) is 12.7 Å². The van der Waals surface area contributed by atoms with Gasteiger partial charge < -0.3 is 10.0 Å². The topological polar surface area (TPSA) is 66.3 Å². The Labute approximate surface area is 138 Å². The Morgan fingerprint density at radius 3 is 3.00 bits per heavy atom. The van der Waals surface area contributed by atoms with E-state index < -0.39 is 5.60 Å². The van der Waals surface area contributed by atoms with E-state index in [-0.39, 0.29) is 17.9 Å². The van der Waals surface area contributed by atoms with Gasteiger partial charge in [0, 0.05) is 36.8 Å². The summed E-state index contributed by atoms with van der Waals surface area (Å²) in [5.41, 5.74) is 0.284. The van der Waals surface area contributed by atoms with Crippen molar-refractivity contribution in [3.63, 3.8) is 0 Å². The van der Waals surface area contributed by atoms with Crippen LogP contribution in [0.2, 0.25) is 0 Å². The molecule has 5 heteroatoms. The Balaban J connectivity index is 1.63. The third-order valence-corrected chi connectivity index (χ3v) is 5.57. The predicted molar refractivity (Wildman–Crippen MR) is 87.7 cm³/mol. The van der Waals surface area contributed by atoms with E-state index in [4.69, 9.17) is 0 Å². The fraction of sp³-hybridized carbons (Fsp3) is 0.722. The van der Waals surface area contributed by atoms with Crippen LogP contribution >= 0.6 is 0 Å². The molecule has 3 atom stereocenters. The van der Waals surface area contributed by atoms with Gasteiger partial charge in [0.05, 0.1) is 5.60 Å². The second-order valence-corrected chi connectivity index (χ2v) is 7.21. The average molecular weight is 317 g/mol. The lowest BCUT2D eigenvalue weighted by molar-refractivity contribution is -0.136. The van der Waals surface area contributed by atoms with Crippen LogP contribution < -0.4 is 0 Å². The highest BCUT2D eigenvalue weighted by Gasteiger charge is 2.44. The van der Waals surface area contributed by atoms with E-state index in [2.05, 4.69) is 9.97 Å². The zero-order chi connectivity index (χ0) is 16.3. The molecule has 1 aliphatic heterocycles. The number of nitrogens with zero attached hydrogens (tertiary/aromatic N) is 3. The summed E-state index contributed by atoms with van der Waals surface area (Å²) in [6.45, 7) is 2.79. The van der Waals surface area contributed by atoms with Gasteiger partial charge in [0.25, 0.3) is 0 Å². The Hall–Kier alpha value is -1.49. The number of carbonyl (C=O) groups excluding carboxylic acids is 1. The van der Waals surface area contributed by atoms with Crippen LogP contribution in [-0.2, 0) is 11.2 Å². The van der Waals surface area contributed by atoms with Crippen molar-refractivity contribution in [1.29, 1.82) is 0 Å². The van der Waals surface area contributed by atoms with Crippen molar-refractivity contribution in [1.82, 2.24) is 14.9 Å². The standard InChI is InChI=1S/C18H27N3O2/c1-18(23)10-3-2-5-15(18)16-6-4-12-21(16)17(22)8-7-14-9-11-19-13-20-14/h9,11,13,15-16,23H,2-8,10,12H2,1H3/t15-,16+,18-/m0/s1. The first-order valence-electron chi connectivity index (χ1n) is 8.85. The quantitative estimate of drug-likeness (QED) is 0.925. The van der Waals surface area contributed by atoms with E-state index in [0.717, 1.165) is 44.3 Å². The summed E-state index contributed by atoms with van der Waals surface area (Å²) in [5, 5.41) is 10.7. The smallest absolute Gasteiger partial charge is 0.223 e. The van der Waals surface area contributed by atoms with Crippen LogP contribution in [0.5, 0.6) is 0 Å². The van der Waals surface area contributed by atoms with Gasteiger partial charge in [-0.15, -0.1) is 0 Å². The van der Waals surface area contributed by atoms with Gasteiger partial charge >= 0.3 is 0 Å². The van der Waals surface area contributed by atoms with Crippen LogP contribution in [-0.4, -0.2) is 44.1 Å². The van der Waals surface area contributed by atoms with Gasteiger partial charge in [0.1, 0.15) is 6.33 Å². The van der Waals surface area contributed by atoms with E-state index in [1.807, 2.05) is 17.9 Å². The molecule has 2 aliphatic rings. The molecule has 1 amide bonds. The van der Waals surface area contributed by atoms with Crippen molar-refractivity contribution in [2.45, 2.75) is 69.9 Å². The van der Waals surface area contributed by atoms with E-state index in [0.29, 0.717) is 12.8 Å². The van der Waals surface area contributed by atoms with E-state index in [1.54, 1.807) is 6.20 Å². The molecular formula is C18H27N3O2. The summed E-state index contributed by atoms with van der Waals surface area (Å²) in [5.74, 6) is 0.425. The van der Waals surface area contributed by atoms with Crippen molar-refractivity contribution in [3.8, 4) is 0 Å². The Bertz CT molecular complexity index is 532.